The fraction of sp³-hybridized carbons (Fsp3) is 0.235. The maximum Gasteiger partial charge on any atom is 0.255 e. The first-order valence-corrected chi connectivity index (χ1v) is 7.04. The number of amides is 1. The quantitative estimate of drug-likeness (QED) is 0.855. The van der Waals surface area contributed by atoms with Crippen molar-refractivity contribution in [3.05, 3.63) is 47.5 Å². The maximum absolute atomic E-state index is 12.5. The van der Waals surface area contributed by atoms with Gasteiger partial charge in [0.15, 0.2) is 11.5 Å². The Labute approximate surface area is 135 Å². The molecule has 2 rings (SSSR count). The van der Waals surface area contributed by atoms with Gasteiger partial charge in [0.2, 0.25) is 5.75 Å². The number of carbonyl (C=O) groups excluding carboxylic acids is 1. The van der Waals surface area contributed by atoms with Gasteiger partial charge < -0.3 is 25.3 Å². The summed E-state index contributed by atoms with van der Waals surface area (Å²) in [6.45, 7) is 0.339. The monoisotopic (exact) mass is 316 g/mol. The Morgan fingerprint density at radius 3 is 2.17 bits per heavy atom. The number of ether oxygens (including phenoxy) is 3. The number of nitrogens with one attached hydrogen (secondary N) is 1. The number of hydrogen-bond donors (Lipinski definition) is 2. The maximum atomic E-state index is 12.5. The van der Waals surface area contributed by atoms with E-state index in [1.165, 1.54) is 21.3 Å². The van der Waals surface area contributed by atoms with E-state index in [4.69, 9.17) is 19.9 Å². The van der Waals surface area contributed by atoms with Gasteiger partial charge in [0.25, 0.3) is 5.91 Å². The number of nitrogens with two attached hydrogens (primary N) is 1. The summed E-state index contributed by atoms with van der Waals surface area (Å²) < 4.78 is 15.8. The smallest absolute Gasteiger partial charge is 0.255 e. The third-order valence-corrected chi connectivity index (χ3v) is 3.41. The highest BCUT2D eigenvalue weighted by atomic mass is 16.5. The van der Waals surface area contributed by atoms with E-state index in [0.717, 1.165) is 5.56 Å². The molecule has 0 aromatic heterocycles. The second-order valence-corrected chi connectivity index (χ2v) is 4.73. The molecule has 122 valence electrons. The number of methoxy groups -OCH3 is 3. The van der Waals surface area contributed by atoms with E-state index in [2.05, 4.69) is 5.32 Å². The molecule has 0 spiro atoms. The molecule has 0 aliphatic heterocycles. The number of carbonyl (C=O) groups is 1. The van der Waals surface area contributed by atoms with Gasteiger partial charge in [-0.15, -0.1) is 0 Å². The molecular weight excluding hydrogens is 296 g/mol. The second-order valence-electron chi connectivity index (χ2n) is 4.73. The van der Waals surface area contributed by atoms with Gasteiger partial charge in [-0.05, 0) is 23.8 Å². The van der Waals surface area contributed by atoms with Crippen molar-refractivity contribution in [2.45, 2.75) is 6.54 Å². The summed E-state index contributed by atoms with van der Waals surface area (Å²) >= 11 is 0. The van der Waals surface area contributed by atoms with Crippen LogP contribution in [0.3, 0.4) is 0 Å². The van der Waals surface area contributed by atoms with E-state index in [1.807, 2.05) is 18.2 Å². The van der Waals surface area contributed by atoms with Crippen LogP contribution >= 0.6 is 0 Å². The normalized spacial score (nSPS) is 10.1. The molecule has 0 saturated heterocycles. The standard InChI is InChI=1S/C17H20N2O4/c1-21-14-8-12(9-15(22-2)16(14)23-3)17(20)19-13-7-5-4-6-11(13)10-18/h4-9H,10,18H2,1-3H3,(H,19,20). The molecule has 0 saturated carbocycles. The molecule has 0 fully saturated rings. The Morgan fingerprint density at radius 1 is 1.04 bits per heavy atom. The van der Waals surface area contributed by atoms with Crippen molar-refractivity contribution in [3.8, 4) is 17.2 Å². The van der Waals surface area contributed by atoms with Gasteiger partial charge in [-0.25, -0.2) is 0 Å². The van der Waals surface area contributed by atoms with Crippen molar-refractivity contribution in [2.24, 2.45) is 5.73 Å². The lowest BCUT2D eigenvalue weighted by atomic mass is 10.1. The second kappa shape index (κ2) is 7.51. The average molecular weight is 316 g/mol. The first-order valence-electron chi connectivity index (χ1n) is 7.04. The molecule has 0 radical (unpaired) electrons. The van der Waals surface area contributed by atoms with Crippen molar-refractivity contribution < 1.29 is 19.0 Å². The lowest BCUT2D eigenvalue weighted by Crippen LogP contribution is -2.14. The largest absolute Gasteiger partial charge is 0.493 e. The number of anilines is 1. The van der Waals surface area contributed by atoms with Crippen LogP contribution in [0.1, 0.15) is 15.9 Å². The van der Waals surface area contributed by atoms with E-state index in [9.17, 15) is 4.79 Å². The van der Waals surface area contributed by atoms with Crippen LogP contribution in [0.5, 0.6) is 17.2 Å². The molecule has 0 aliphatic rings. The lowest BCUT2D eigenvalue weighted by Gasteiger charge is -2.15. The van der Waals surface area contributed by atoms with Crippen LogP contribution in [0.15, 0.2) is 36.4 Å². The molecule has 2 aromatic carbocycles. The Morgan fingerprint density at radius 2 is 1.65 bits per heavy atom. The summed E-state index contributed by atoms with van der Waals surface area (Å²) in [7, 11) is 4.52. The summed E-state index contributed by atoms with van der Waals surface area (Å²) in [5, 5.41) is 2.85. The minimum absolute atomic E-state index is 0.287. The summed E-state index contributed by atoms with van der Waals surface area (Å²) in [6.07, 6.45) is 0. The molecule has 3 N–H and O–H groups in total. The summed E-state index contributed by atoms with van der Waals surface area (Å²) in [6, 6.07) is 10.6. The van der Waals surface area contributed by atoms with Crippen molar-refractivity contribution in [1.29, 1.82) is 0 Å². The number of para-hydroxylation sites is 1. The summed E-state index contributed by atoms with van der Waals surface area (Å²) in [4.78, 5) is 12.5. The highest BCUT2D eigenvalue weighted by molar-refractivity contribution is 6.05. The van der Waals surface area contributed by atoms with Crippen LogP contribution in [0.25, 0.3) is 0 Å². The van der Waals surface area contributed by atoms with Crippen molar-refractivity contribution in [1.82, 2.24) is 0 Å². The molecule has 0 aliphatic carbocycles. The predicted octanol–water partition coefficient (Wildman–Crippen LogP) is 2.42. The number of hydrogen-bond acceptors (Lipinski definition) is 5. The molecule has 1 amide bonds. The van der Waals surface area contributed by atoms with E-state index >= 15 is 0 Å². The van der Waals surface area contributed by atoms with E-state index in [-0.39, 0.29) is 5.91 Å². The molecule has 0 bridgehead atoms. The van der Waals surface area contributed by atoms with E-state index in [1.54, 1.807) is 18.2 Å². The van der Waals surface area contributed by atoms with Gasteiger partial charge in [-0.1, -0.05) is 18.2 Å². The number of benzene rings is 2. The first kappa shape index (κ1) is 16.6. The third kappa shape index (κ3) is 3.54. The van der Waals surface area contributed by atoms with E-state index in [0.29, 0.717) is 35.0 Å². The topological polar surface area (TPSA) is 82.8 Å². The van der Waals surface area contributed by atoms with E-state index < -0.39 is 0 Å². The molecule has 0 unspecified atom stereocenters. The van der Waals surface area contributed by atoms with Gasteiger partial charge >= 0.3 is 0 Å². The van der Waals surface area contributed by atoms with Gasteiger partial charge in [0.05, 0.1) is 21.3 Å². The zero-order valence-corrected chi connectivity index (χ0v) is 13.4. The van der Waals surface area contributed by atoms with Crippen LogP contribution in [0, 0.1) is 0 Å². The van der Waals surface area contributed by atoms with Crippen LogP contribution < -0.4 is 25.3 Å². The van der Waals surface area contributed by atoms with Crippen molar-refractivity contribution in [3.63, 3.8) is 0 Å². The SMILES string of the molecule is COc1cc(C(=O)Nc2ccccc2CN)cc(OC)c1OC. The summed E-state index contributed by atoms with van der Waals surface area (Å²) in [5.41, 5.74) is 7.61. The molecule has 2 aromatic rings. The molecular formula is C17H20N2O4. The van der Waals surface area contributed by atoms with Crippen LogP contribution in [0.2, 0.25) is 0 Å². The molecule has 6 heteroatoms. The molecule has 0 atom stereocenters. The minimum Gasteiger partial charge on any atom is -0.493 e. The van der Waals surface area contributed by atoms with Gasteiger partial charge in [0.1, 0.15) is 0 Å². The number of rotatable bonds is 6. The highest BCUT2D eigenvalue weighted by Gasteiger charge is 2.17. The Balaban J connectivity index is 2.36. The van der Waals surface area contributed by atoms with Gasteiger partial charge in [0, 0.05) is 17.8 Å². The Bertz CT molecular complexity index is 676. The van der Waals surface area contributed by atoms with Crippen molar-refractivity contribution >= 4 is 11.6 Å². The molecule has 6 nitrogen and oxygen atoms in total. The van der Waals surface area contributed by atoms with Crippen LogP contribution in [-0.2, 0) is 6.54 Å². The van der Waals surface area contributed by atoms with Gasteiger partial charge in [-0.2, -0.15) is 0 Å². The average Bonchev–Trinajstić information content (AvgIpc) is 2.60. The highest BCUT2D eigenvalue weighted by Crippen LogP contribution is 2.38. The minimum atomic E-state index is -0.287. The van der Waals surface area contributed by atoms with Crippen LogP contribution in [0.4, 0.5) is 5.69 Å². The molecule has 23 heavy (non-hydrogen) atoms. The Hall–Kier alpha value is -2.73. The fourth-order valence-corrected chi connectivity index (χ4v) is 2.23. The first-order chi connectivity index (χ1) is 11.1. The molecule has 0 heterocycles. The fourth-order valence-electron chi connectivity index (χ4n) is 2.23. The summed E-state index contributed by atoms with van der Waals surface area (Å²) in [5.74, 6) is 0.993. The lowest BCUT2D eigenvalue weighted by molar-refractivity contribution is 0.102. The predicted molar refractivity (Wildman–Crippen MR) is 88.4 cm³/mol. The van der Waals surface area contributed by atoms with Gasteiger partial charge in [-0.3, -0.25) is 4.79 Å². The Kier molecular flexibility index (Phi) is 5.43. The zero-order chi connectivity index (χ0) is 16.8. The zero-order valence-electron chi connectivity index (χ0n) is 13.4. The third-order valence-electron chi connectivity index (χ3n) is 3.41. The van der Waals surface area contributed by atoms with Crippen LogP contribution in [-0.4, -0.2) is 27.2 Å². The van der Waals surface area contributed by atoms with Crippen molar-refractivity contribution in [2.75, 3.05) is 26.6 Å².